The standard InChI is InChI=1S/C21H15BrN6O/c22-18-19(26-28-10-4-9-23-20(18)28)21(29)25-16-11-24-27(13-16)12-15-7-3-6-14-5-1-2-8-17(14)15/h1-11,13H,12H2,(H,25,29). The highest BCUT2D eigenvalue weighted by atomic mass is 79.9. The highest BCUT2D eigenvalue weighted by molar-refractivity contribution is 9.10. The van der Waals surface area contributed by atoms with Crippen molar-refractivity contribution in [3.63, 3.8) is 0 Å². The Labute approximate surface area is 174 Å². The van der Waals surface area contributed by atoms with E-state index in [1.807, 2.05) is 24.4 Å². The summed E-state index contributed by atoms with van der Waals surface area (Å²) in [6.45, 7) is 0.610. The van der Waals surface area contributed by atoms with Crippen molar-refractivity contribution in [2.75, 3.05) is 5.32 Å². The fraction of sp³-hybridized carbons (Fsp3) is 0.0476. The smallest absolute Gasteiger partial charge is 0.277 e. The lowest BCUT2D eigenvalue weighted by Gasteiger charge is -2.06. The van der Waals surface area contributed by atoms with Crippen molar-refractivity contribution in [1.82, 2.24) is 24.4 Å². The monoisotopic (exact) mass is 446 g/mol. The highest BCUT2D eigenvalue weighted by Crippen LogP contribution is 2.22. The van der Waals surface area contributed by atoms with Crippen molar-refractivity contribution < 1.29 is 4.79 Å². The van der Waals surface area contributed by atoms with E-state index in [-0.39, 0.29) is 11.6 Å². The van der Waals surface area contributed by atoms with Crippen LogP contribution < -0.4 is 5.32 Å². The van der Waals surface area contributed by atoms with E-state index in [0.717, 1.165) is 0 Å². The average Bonchev–Trinajstić information content (AvgIpc) is 3.32. The van der Waals surface area contributed by atoms with Gasteiger partial charge in [0.15, 0.2) is 11.3 Å². The zero-order valence-corrected chi connectivity index (χ0v) is 16.7. The number of halogens is 1. The zero-order valence-electron chi connectivity index (χ0n) is 15.2. The van der Waals surface area contributed by atoms with Gasteiger partial charge in [0.25, 0.3) is 5.91 Å². The topological polar surface area (TPSA) is 77.1 Å². The third kappa shape index (κ3) is 3.27. The number of aromatic nitrogens is 5. The zero-order chi connectivity index (χ0) is 19.8. The van der Waals surface area contributed by atoms with Crippen LogP contribution in [0, 0.1) is 0 Å². The van der Waals surface area contributed by atoms with Gasteiger partial charge in [-0.15, -0.1) is 0 Å². The molecule has 3 heterocycles. The number of amides is 1. The number of rotatable bonds is 4. The number of benzene rings is 2. The molecule has 0 aliphatic heterocycles. The van der Waals surface area contributed by atoms with E-state index in [1.54, 1.807) is 33.9 Å². The number of nitrogens with one attached hydrogen (secondary N) is 1. The number of hydrogen-bond donors (Lipinski definition) is 1. The quantitative estimate of drug-likeness (QED) is 0.449. The summed E-state index contributed by atoms with van der Waals surface area (Å²) >= 11 is 3.41. The van der Waals surface area contributed by atoms with E-state index in [0.29, 0.717) is 22.4 Å². The van der Waals surface area contributed by atoms with Gasteiger partial charge in [0.05, 0.1) is 22.9 Å². The molecule has 7 nitrogen and oxygen atoms in total. The molecule has 0 saturated heterocycles. The molecule has 0 unspecified atom stereocenters. The van der Waals surface area contributed by atoms with Crippen molar-refractivity contribution in [3.05, 3.63) is 89.0 Å². The lowest BCUT2D eigenvalue weighted by molar-refractivity contribution is 0.102. The summed E-state index contributed by atoms with van der Waals surface area (Å²) in [6.07, 6.45) is 6.83. The molecule has 0 spiro atoms. The van der Waals surface area contributed by atoms with Gasteiger partial charge in [-0.3, -0.25) is 9.48 Å². The molecule has 5 aromatic rings. The van der Waals surface area contributed by atoms with Gasteiger partial charge in [0, 0.05) is 18.6 Å². The van der Waals surface area contributed by atoms with Gasteiger partial charge >= 0.3 is 0 Å². The van der Waals surface area contributed by atoms with Gasteiger partial charge in [0.2, 0.25) is 0 Å². The van der Waals surface area contributed by atoms with E-state index < -0.39 is 0 Å². The van der Waals surface area contributed by atoms with E-state index in [4.69, 9.17) is 0 Å². The number of nitrogens with zero attached hydrogens (tertiary/aromatic N) is 5. The minimum absolute atomic E-state index is 0.269. The maximum Gasteiger partial charge on any atom is 0.277 e. The Morgan fingerprint density at radius 1 is 1.10 bits per heavy atom. The number of hydrogen-bond acceptors (Lipinski definition) is 4. The first-order valence-corrected chi connectivity index (χ1v) is 9.77. The number of anilines is 1. The predicted molar refractivity (Wildman–Crippen MR) is 114 cm³/mol. The summed E-state index contributed by atoms with van der Waals surface area (Å²) in [7, 11) is 0. The first-order valence-electron chi connectivity index (χ1n) is 8.98. The molecule has 0 saturated carbocycles. The van der Waals surface area contributed by atoms with Gasteiger partial charge < -0.3 is 5.32 Å². The summed E-state index contributed by atoms with van der Waals surface area (Å²) in [5.41, 5.74) is 2.63. The third-order valence-electron chi connectivity index (χ3n) is 4.66. The second-order valence-corrected chi connectivity index (χ2v) is 7.36. The lowest BCUT2D eigenvalue weighted by Crippen LogP contribution is -2.13. The molecule has 29 heavy (non-hydrogen) atoms. The summed E-state index contributed by atoms with van der Waals surface area (Å²) in [4.78, 5) is 16.9. The van der Waals surface area contributed by atoms with Gasteiger partial charge in [-0.1, -0.05) is 42.5 Å². The first kappa shape index (κ1) is 17.6. The molecule has 0 bridgehead atoms. The Morgan fingerprint density at radius 3 is 2.86 bits per heavy atom. The molecule has 142 valence electrons. The minimum atomic E-state index is -0.327. The molecule has 0 radical (unpaired) electrons. The van der Waals surface area contributed by atoms with Gasteiger partial charge in [-0.2, -0.15) is 10.2 Å². The van der Waals surface area contributed by atoms with Crippen LogP contribution in [0.4, 0.5) is 5.69 Å². The van der Waals surface area contributed by atoms with Crippen molar-refractivity contribution >= 4 is 43.9 Å². The number of fused-ring (bicyclic) bond motifs is 2. The average molecular weight is 447 g/mol. The van der Waals surface area contributed by atoms with Crippen LogP contribution in [-0.2, 0) is 6.54 Å². The van der Waals surface area contributed by atoms with Crippen LogP contribution in [0.1, 0.15) is 16.1 Å². The molecule has 0 atom stereocenters. The Balaban J connectivity index is 1.37. The van der Waals surface area contributed by atoms with Crippen molar-refractivity contribution in [2.24, 2.45) is 0 Å². The summed E-state index contributed by atoms with van der Waals surface area (Å²) in [5, 5.41) is 13.9. The fourth-order valence-corrected chi connectivity index (χ4v) is 3.86. The van der Waals surface area contributed by atoms with E-state index >= 15 is 0 Å². The molecule has 0 fully saturated rings. The Bertz CT molecular complexity index is 1350. The number of carbonyl (C=O) groups excluding carboxylic acids is 1. The van der Waals surface area contributed by atoms with Gasteiger partial charge in [-0.05, 0) is 38.3 Å². The molecule has 0 aliphatic carbocycles. The molecule has 1 N–H and O–H groups in total. The number of carbonyl (C=O) groups is 1. The summed E-state index contributed by atoms with van der Waals surface area (Å²) < 4.78 is 3.92. The van der Waals surface area contributed by atoms with Crippen LogP contribution in [0.5, 0.6) is 0 Å². The maximum atomic E-state index is 12.7. The molecular formula is C21H15BrN6O. The molecule has 3 aromatic heterocycles. The molecule has 2 aromatic carbocycles. The Kier molecular flexibility index (Phi) is 4.33. The van der Waals surface area contributed by atoms with Crippen molar-refractivity contribution in [1.29, 1.82) is 0 Å². The van der Waals surface area contributed by atoms with Crippen LogP contribution >= 0.6 is 15.9 Å². The Hall–Kier alpha value is -3.52. The second-order valence-electron chi connectivity index (χ2n) is 6.57. The van der Waals surface area contributed by atoms with Gasteiger partial charge in [-0.25, -0.2) is 9.50 Å². The molecule has 1 amide bonds. The first-order chi connectivity index (χ1) is 14.2. The minimum Gasteiger partial charge on any atom is -0.318 e. The van der Waals surface area contributed by atoms with Gasteiger partial charge in [0.1, 0.15) is 0 Å². The lowest BCUT2D eigenvalue weighted by atomic mass is 10.0. The van der Waals surface area contributed by atoms with Crippen molar-refractivity contribution in [2.45, 2.75) is 6.54 Å². The molecule has 0 aliphatic rings. The second kappa shape index (κ2) is 7.14. The normalized spacial score (nSPS) is 11.2. The van der Waals surface area contributed by atoms with Crippen LogP contribution in [0.3, 0.4) is 0 Å². The SMILES string of the molecule is O=C(Nc1cnn(Cc2cccc3ccccc23)c1)c1nn2cccnc2c1Br. The largest absolute Gasteiger partial charge is 0.318 e. The third-order valence-corrected chi connectivity index (χ3v) is 5.39. The van der Waals surface area contributed by atoms with Crippen LogP contribution in [0.15, 0.2) is 77.8 Å². The van der Waals surface area contributed by atoms with Crippen LogP contribution in [-0.4, -0.2) is 30.3 Å². The molecular weight excluding hydrogens is 432 g/mol. The van der Waals surface area contributed by atoms with Crippen LogP contribution in [0.2, 0.25) is 0 Å². The summed E-state index contributed by atoms with van der Waals surface area (Å²) in [5.74, 6) is -0.327. The molecule has 8 heteroatoms. The van der Waals surface area contributed by atoms with Crippen molar-refractivity contribution in [3.8, 4) is 0 Å². The van der Waals surface area contributed by atoms with Crippen LogP contribution in [0.25, 0.3) is 16.4 Å². The van der Waals surface area contributed by atoms with E-state index in [1.165, 1.54) is 16.3 Å². The maximum absolute atomic E-state index is 12.7. The Morgan fingerprint density at radius 2 is 1.97 bits per heavy atom. The fourth-order valence-electron chi connectivity index (χ4n) is 3.31. The molecule has 5 rings (SSSR count). The predicted octanol–water partition coefficient (Wildman–Crippen LogP) is 4.14. The summed E-state index contributed by atoms with van der Waals surface area (Å²) in [6, 6.07) is 16.2. The highest BCUT2D eigenvalue weighted by Gasteiger charge is 2.19. The van der Waals surface area contributed by atoms with E-state index in [9.17, 15) is 4.79 Å². The van der Waals surface area contributed by atoms with E-state index in [2.05, 4.69) is 60.7 Å².